The van der Waals surface area contributed by atoms with E-state index in [0.717, 1.165) is 0 Å². The van der Waals surface area contributed by atoms with Crippen molar-refractivity contribution in [2.75, 3.05) is 5.32 Å². The molecular formula is C9H11BN2O2. The zero-order valence-electron chi connectivity index (χ0n) is 8.11. The third-order valence-corrected chi connectivity index (χ3v) is 1.60. The minimum absolute atomic E-state index is 0.132. The molecule has 0 atom stereocenters. The van der Waals surface area contributed by atoms with Gasteiger partial charge in [-0.1, -0.05) is 0 Å². The molecule has 4 nitrogen and oxygen atoms in total. The topological polar surface area (TPSA) is 62.2 Å². The molecule has 0 bridgehead atoms. The SMILES string of the molecule is [B]c1cc(NC(C)C)c(C(=O)O)cn1. The largest absolute Gasteiger partial charge is 0.478 e. The van der Waals surface area contributed by atoms with E-state index < -0.39 is 5.97 Å². The molecule has 0 amide bonds. The molecule has 0 saturated heterocycles. The van der Waals surface area contributed by atoms with Crippen LogP contribution in [0.25, 0.3) is 0 Å². The molecule has 14 heavy (non-hydrogen) atoms. The van der Waals surface area contributed by atoms with Gasteiger partial charge in [-0.15, -0.1) is 0 Å². The number of hydrogen-bond donors (Lipinski definition) is 2. The van der Waals surface area contributed by atoms with Crippen molar-refractivity contribution in [1.82, 2.24) is 4.98 Å². The van der Waals surface area contributed by atoms with Crippen LogP contribution in [0, 0.1) is 0 Å². The zero-order valence-corrected chi connectivity index (χ0v) is 8.11. The molecule has 5 heteroatoms. The fraction of sp³-hybridized carbons (Fsp3) is 0.333. The fourth-order valence-corrected chi connectivity index (χ4v) is 1.07. The summed E-state index contributed by atoms with van der Waals surface area (Å²) in [4.78, 5) is 14.5. The molecule has 1 aromatic rings. The van der Waals surface area contributed by atoms with Crippen molar-refractivity contribution < 1.29 is 9.90 Å². The number of anilines is 1. The summed E-state index contributed by atoms with van der Waals surface area (Å²) < 4.78 is 0. The van der Waals surface area contributed by atoms with Gasteiger partial charge in [0.15, 0.2) is 0 Å². The van der Waals surface area contributed by atoms with Crippen molar-refractivity contribution in [3.05, 3.63) is 17.8 Å². The maximum Gasteiger partial charge on any atom is 0.339 e. The highest BCUT2D eigenvalue weighted by molar-refractivity contribution is 6.31. The van der Waals surface area contributed by atoms with E-state index >= 15 is 0 Å². The molecule has 0 spiro atoms. The van der Waals surface area contributed by atoms with E-state index in [2.05, 4.69) is 10.3 Å². The first-order valence-corrected chi connectivity index (χ1v) is 4.26. The molecule has 72 valence electrons. The number of hydrogen-bond acceptors (Lipinski definition) is 3. The Hall–Kier alpha value is -1.52. The predicted octanol–water partition coefficient (Wildman–Crippen LogP) is 0.394. The number of carboxylic acids is 1. The third-order valence-electron chi connectivity index (χ3n) is 1.60. The average molecular weight is 190 g/mol. The Kier molecular flexibility index (Phi) is 3.12. The van der Waals surface area contributed by atoms with Gasteiger partial charge in [-0.25, -0.2) is 4.79 Å². The normalized spacial score (nSPS) is 10.2. The van der Waals surface area contributed by atoms with Gasteiger partial charge in [0.1, 0.15) is 13.4 Å². The van der Waals surface area contributed by atoms with E-state index in [1.165, 1.54) is 12.3 Å². The smallest absolute Gasteiger partial charge is 0.339 e. The molecule has 0 fully saturated rings. The summed E-state index contributed by atoms with van der Waals surface area (Å²) in [5, 5.41) is 11.8. The highest BCUT2D eigenvalue weighted by Gasteiger charge is 2.10. The predicted molar refractivity (Wildman–Crippen MR) is 55.3 cm³/mol. The summed E-state index contributed by atoms with van der Waals surface area (Å²) in [6, 6.07) is 1.67. The van der Waals surface area contributed by atoms with Crippen molar-refractivity contribution in [3.63, 3.8) is 0 Å². The maximum absolute atomic E-state index is 10.8. The Morgan fingerprint density at radius 2 is 2.29 bits per heavy atom. The minimum atomic E-state index is -1.01. The van der Waals surface area contributed by atoms with Crippen LogP contribution in [-0.4, -0.2) is 29.9 Å². The lowest BCUT2D eigenvalue weighted by atomic mass is 10.0. The van der Waals surface area contributed by atoms with E-state index in [9.17, 15) is 4.79 Å². The molecule has 2 N–H and O–H groups in total. The summed E-state index contributed by atoms with van der Waals surface area (Å²) >= 11 is 0. The average Bonchev–Trinajstić information content (AvgIpc) is 2.01. The van der Waals surface area contributed by atoms with Crippen LogP contribution in [-0.2, 0) is 0 Å². The van der Waals surface area contributed by atoms with Crippen LogP contribution >= 0.6 is 0 Å². The standard InChI is InChI=1S/C9H11BN2O2/c1-5(2)12-7-3-8(10)11-4-6(7)9(13)14/h3-5H,1-2H3,(H,11,12)(H,13,14). The van der Waals surface area contributed by atoms with Crippen molar-refractivity contribution >= 4 is 25.1 Å². The van der Waals surface area contributed by atoms with Crippen molar-refractivity contribution in [1.29, 1.82) is 0 Å². The first kappa shape index (κ1) is 10.6. The second kappa shape index (κ2) is 4.13. The van der Waals surface area contributed by atoms with Gasteiger partial charge in [-0.05, 0) is 25.5 Å². The van der Waals surface area contributed by atoms with Gasteiger partial charge < -0.3 is 10.4 Å². The highest BCUT2D eigenvalue weighted by Crippen LogP contribution is 2.13. The quantitative estimate of drug-likeness (QED) is 0.677. The second-order valence-electron chi connectivity index (χ2n) is 3.26. The number of carbonyl (C=O) groups is 1. The van der Waals surface area contributed by atoms with Crippen LogP contribution in [0.5, 0.6) is 0 Å². The van der Waals surface area contributed by atoms with Crippen LogP contribution in [0.3, 0.4) is 0 Å². The van der Waals surface area contributed by atoms with Crippen molar-refractivity contribution in [3.8, 4) is 0 Å². The number of nitrogens with zero attached hydrogens (tertiary/aromatic N) is 1. The number of nitrogens with one attached hydrogen (secondary N) is 1. The summed E-state index contributed by atoms with van der Waals surface area (Å²) in [6.07, 6.45) is 1.25. The molecule has 0 unspecified atom stereocenters. The summed E-state index contributed by atoms with van der Waals surface area (Å²) in [7, 11) is 5.46. The Balaban J connectivity index is 3.09. The number of pyridine rings is 1. The molecule has 1 aromatic heterocycles. The first-order valence-electron chi connectivity index (χ1n) is 4.26. The molecule has 0 aliphatic carbocycles. The molecule has 0 aromatic carbocycles. The maximum atomic E-state index is 10.8. The number of carboxylic acid groups (broad SMARTS) is 1. The summed E-state index contributed by atoms with van der Waals surface area (Å²) in [6.45, 7) is 3.84. The molecule has 0 saturated carbocycles. The van der Waals surface area contributed by atoms with Crippen LogP contribution < -0.4 is 10.9 Å². The molecule has 1 heterocycles. The third kappa shape index (κ3) is 2.48. The minimum Gasteiger partial charge on any atom is -0.478 e. The zero-order chi connectivity index (χ0) is 10.7. The molecule has 2 radical (unpaired) electrons. The second-order valence-corrected chi connectivity index (χ2v) is 3.26. The lowest BCUT2D eigenvalue weighted by Crippen LogP contribution is -2.18. The van der Waals surface area contributed by atoms with E-state index in [1.807, 2.05) is 13.8 Å². The van der Waals surface area contributed by atoms with E-state index in [0.29, 0.717) is 11.3 Å². The summed E-state index contributed by atoms with van der Waals surface area (Å²) in [5.41, 5.74) is 0.936. The molecular weight excluding hydrogens is 179 g/mol. The molecule has 0 aliphatic heterocycles. The summed E-state index contributed by atoms with van der Waals surface area (Å²) in [5.74, 6) is -1.01. The monoisotopic (exact) mass is 190 g/mol. The Morgan fingerprint density at radius 3 is 2.79 bits per heavy atom. The fourth-order valence-electron chi connectivity index (χ4n) is 1.07. The van der Waals surface area contributed by atoms with Crippen LogP contribution in [0.4, 0.5) is 5.69 Å². The van der Waals surface area contributed by atoms with Crippen molar-refractivity contribution in [2.24, 2.45) is 0 Å². The van der Waals surface area contributed by atoms with Gasteiger partial charge in [-0.2, -0.15) is 0 Å². The van der Waals surface area contributed by atoms with Gasteiger partial charge in [-0.3, -0.25) is 4.98 Å². The lowest BCUT2D eigenvalue weighted by Gasteiger charge is -2.12. The van der Waals surface area contributed by atoms with Crippen LogP contribution in [0.1, 0.15) is 24.2 Å². The van der Waals surface area contributed by atoms with E-state index in [1.54, 1.807) is 0 Å². The first-order chi connectivity index (χ1) is 6.50. The van der Waals surface area contributed by atoms with Gasteiger partial charge in [0, 0.05) is 12.2 Å². The van der Waals surface area contributed by atoms with Gasteiger partial charge in [0.05, 0.1) is 5.69 Å². The molecule has 1 rings (SSSR count). The number of aromatic carboxylic acids is 1. The van der Waals surface area contributed by atoms with E-state index in [-0.39, 0.29) is 11.6 Å². The Morgan fingerprint density at radius 1 is 1.64 bits per heavy atom. The van der Waals surface area contributed by atoms with Crippen molar-refractivity contribution in [2.45, 2.75) is 19.9 Å². The number of aromatic nitrogens is 1. The Labute approximate surface area is 83.8 Å². The number of rotatable bonds is 3. The van der Waals surface area contributed by atoms with E-state index in [4.69, 9.17) is 13.0 Å². The van der Waals surface area contributed by atoms with Crippen LogP contribution in [0.2, 0.25) is 0 Å². The van der Waals surface area contributed by atoms with Gasteiger partial charge in [0.25, 0.3) is 0 Å². The highest BCUT2D eigenvalue weighted by atomic mass is 16.4. The molecule has 0 aliphatic rings. The van der Waals surface area contributed by atoms with Gasteiger partial charge in [0.2, 0.25) is 0 Å². The van der Waals surface area contributed by atoms with Crippen LogP contribution in [0.15, 0.2) is 12.3 Å². The Bertz CT molecular complexity index is 353. The lowest BCUT2D eigenvalue weighted by molar-refractivity contribution is 0.0697. The van der Waals surface area contributed by atoms with Gasteiger partial charge >= 0.3 is 5.97 Å².